The Kier molecular flexibility index (Phi) is 4.94. The minimum absolute atomic E-state index is 0.280. The first-order valence-corrected chi connectivity index (χ1v) is 7.42. The Morgan fingerprint density at radius 2 is 2.05 bits per heavy atom. The van der Waals surface area contributed by atoms with Crippen molar-refractivity contribution in [3.8, 4) is 0 Å². The molecule has 21 heavy (non-hydrogen) atoms. The number of rotatable bonds is 5. The van der Waals surface area contributed by atoms with Crippen molar-refractivity contribution < 1.29 is 17.9 Å². The van der Waals surface area contributed by atoms with E-state index in [2.05, 4.69) is 5.32 Å². The van der Waals surface area contributed by atoms with Crippen molar-refractivity contribution in [2.24, 2.45) is 0 Å². The summed E-state index contributed by atoms with van der Waals surface area (Å²) >= 11 is 0. The minimum atomic E-state index is -4.35. The Morgan fingerprint density at radius 1 is 1.33 bits per heavy atom. The van der Waals surface area contributed by atoms with Crippen molar-refractivity contribution >= 4 is 0 Å². The highest BCUT2D eigenvalue weighted by molar-refractivity contribution is 5.34. The lowest BCUT2D eigenvalue weighted by molar-refractivity contribution is -0.139. The molecule has 2 rings (SSSR count). The fraction of sp³-hybridized carbons (Fsp3) is 0.625. The van der Waals surface area contributed by atoms with E-state index in [9.17, 15) is 13.2 Å². The highest BCUT2D eigenvalue weighted by atomic mass is 19.4. The average molecular weight is 301 g/mol. The molecular formula is C16H22F3NO. The number of nitrogens with one attached hydrogen (secondary N) is 1. The summed E-state index contributed by atoms with van der Waals surface area (Å²) in [5.74, 6) is 0. The predicted molar refractivity (Wildman–Crippen MR) is 76.1 cm³/mol. The second-order valence-corrected chi connectivity index (χ2v) is 5.74. The van der Waals surface area contributed by atoms with E-state index < -0.39 is 23.4 Å². The fourth-order valence-corrected chi connectivity index (χ4v) is 2.98. The molecule has 1 aliphatic rings. The Hall–Kier alpha value is -1.07. The standard InChI is InChI=1S/C16H22F3NO/c1-3-10-20-14(15(2)9-6-11-21-15)12-7-4-5-8-13(12)16(17,18)19/h4-5,7-8,14,20H,3,6,9-11H2,1-2H3. The molecule has 1 aromatic carbocycles. The molecule has 1 aromatic rings. The molecule has 2 atom stereocenters. The van der Waals surface area contributed by atoms with Gasteiger partial charge in [-0.25, -0.2) is 0 Å². The van der Waals surface area contributed by atoms with Crippen molar-refractivity contribution in [2.45, 2.75) is 50.9 Å². The maximum Gasteiger partial charge on any atom is 0.416 e. The molecule has 0 aliphatic carbocycles. The van der Waals surface area contributed by atoms with Crippen LogP contribution in [0.1, 0.15) is 50.3 Å². The first kappa shape index (κ1) is 16.3. The van der Waals surface area contributed by atoms with E-state index in [0.29, 0.717) is 13.2 Å². The lowest BCUT2D eigenvalue weighted by Crippen LogP contribution is -2.42. The van der Waals surface area contributed by atoms with Crippen LogP contribution in [0.25, 0.3) is 0 Å². The molecule has 1 N–H and O–H groups in total. The van der Waals surface area contributed by atoms with Gasteiger partial charge in [0, 0.05) is 6.61 Å². The van der Waals surface area contributed by atoms with Gasteiger partial charge in [-0.05, 0) is 44.4 Å². The third-order valence-corrected chi connectivity index (χ3v) is 4.04. The molecule has 2 nitrogen and oxygen atoms in total. The maximum absolute atomic E-state index is 13.3. The lowest BCUT2D eigenvalue weighted by Gasteiger charge is -2.36. The molecule has 0 spiro atoms. The topological polar surface area (TPSA) is 21.3 Å². The first-order chi connectivity index (χ1) is 9.88. The number of benzene rings is 1. The van der Waals surface area contributed by atoms with Gasteiger partial charge < -0.3 is 10.1 Å². The van der Waals surface area contributed by atoms with Gasteiger partial charge in [0.15, 0.2) is 0 Å². The van der Waals surface area contributed by atoms with Gasteiger partial charge >= 0.3 is 6.18 Å². The van der Waals surface area contributed by atoms with Crippen LogP contribution in [0, 0.1) is 0 Å². The van der Waals surface area contributed by atoms with Crippen molar-refractivity contribution in [1.29, 1.82) is 0 Å². The number of halogens is 3. The third kappa shape index (κ3) is 3.58. The smallest absolute Gasteiger partial charge is 0.373 e. The zero-order chi connectivity index (χ0) is 15.5. The van der Waals surface area contributed by atoms with Crippen LogP contribution in [-0.2, 0) is 10.9 Å². The summed E-state index contributed by atoms with van der Waals surface area (Å²) in [6.07, 6.45) is -1.84. The number of hydrogen-bond acceptors (Lipinski definition) is 2. The van der Waals surface area contributed by atoms with Crippen LogP contribution in [0.3, 0.4) is 0 Å². The van der Waals surface area contributed by atoms with Crippen LogP contribution in [0.5, 0.6) is 0 Å². The van der Waals surface area contributed by atoms with E-state index >= 15 is 0 Å². The van der Waals surface area contributed by atoms with Gasteiger partial charge in [0.1, 0.15) is 0 Å². The third-order valence-electron chi connectivity index (χ3n) is 4.04. The molecule has 118 valence electrons. The van der Waals surface area contributed by atoms with Crippen molar-refractivity contribution in [2.75, 3.05) is 13.2 Å². The number of hydrogen-bond donors (Lipinski definition) is 1. The number of alkyl halides is 3. The highest BCUT2D eigenvalue weighted by Gasteiger charge is 2.43. The molecule has 0 saturated carbocycles. The predicted octanol–water partition coefficient (Wildman–Crippen LogP) is 4.32. The van der Waals surface area contributed by atoms with Crippen LogP contribution < -0.4 is 5.32 Å². The summed E-state index contributed by atoms with van der Waals surface area (Å²) in [7, 11) is 0. The van der Waals surface area contributed by atoms with Gasteiger partial charge in [0.05, 0.1) is 17.2 Å². The van der Waals surface area contributed by atoms with Crippen molar-refractivity contribution in [1.82, 2.24) is 5.32 Å². The molecule has 0 aromatic heterocycles. The van der Waals surface area contributed by atoms with Crippen molar-refractivity contribution in [3.05, 3.63) is 35.4 Å². The molecule has 1 aliphatic heterocycles. The van der Waals surface area contributed by atoms with Gasteiger partial charge in [-0.3, -0.25) is 0 Å². The normalized spacial score (nSPS) is 24.2. The maximum atomic E-state index is 13.3. The molecule has 2 unspecified atom stereocenters. The van der Waals surface area contributed by atoms with Gasteiger partial charge in [0.25, 0.3) is 0 Å². The molecule has 1 fully saturated rings. The van der Waals surface area contributed by atoms with Gasteiger partial charge in [0.2, 0.25) is 0 Å². The Morgan fingerprint density at radius 3 is 2.62 bits per heavy atom. The van der Waals surface area contributed by atoms with Crippen LogP contribution in [-0.4, -0.2) is 18.8 Å². The molecule has 1 heterocycles. The lowest BCUT2D eigenvalue weighted by atomic mass is 9.85. The van der Waals surface area contributed by atoms with Crippen molar-refractivity contribution in [3.63, 3.8) is 0 Å². The summed E-state index contributed by atoms with van der Waals surface area (Å²) < 4.78 is 45.6. The van der Waals surface area contributed by atoms with E-state index in [1.54, 1.807) is 12.1 Å². The molecule has 0 radical (unpaired) electrons. The SMILES string of the molecule is CCCNC(c1ccccc1C(F)(F)F)C1(C)CCCO1. The molecule has 1 saturated heterocycles. The molecule has 5 heteroatoms. The fourth-order valence-electron chi connectivity index (χ4n) is 2.98. The summed E-state index contributed by atoms with van der Waals surface area (Å²) in [6.45, 7) is 5.17. The van der Waals surface area contributed by atoms with Crippen LogP contribution in [0.4, 0.5) is 13.2 Å². The van der Waals surface area contributed by atoms with E-state index in [-0.39, 0.29) is 5.56 Å². The summed E-state index contributed by atoms with van der Waals surface area (Å²) in [4.78, 5) is 0. The minimum Gasteiger partial charge on any atom is -0.373 e. The molecule has 0 bridgehead atoms. The average Bonchev–Trinajstić information content (AvgIpc) is 2.86. The zero-order valence-corrected chi connectivity index (χ0v) is 12.5. The van der Waals surface area contributed by atoms with Gasteiger partial charge in [-0.15, -0.1) is 0 Å². The Labute approximate surface area is 123 Å². The van der Waals surface area contributed by atoms with E-state index in [1.165, 1.54) is 6.07 Å². The molecular weight excluding hydrogens is 279 g/mol. The van der Waals surface area contributed by atoms with Gasteiger partial charge in [-0.2, -0.15) is 13.2 Å². The van der Waals surface area contributed by atoms with Crippen LogP contribution >= 0.6 is 0 Å². The summed E-state index contributed by atoms with van der Waals surface area (Å²) in [6, 6.07) is 5.35. The Bertz CT molecular complexity index is 467. The van der Waals surface area contributed by atoms with Crippen LogP contribution in [0.15, 0.2) is 24.3 Å². The first-order valence-electron chi connectivity index (χ1n) is 7.42. The van der Waals surface area contributed by atoms with E-state index in [1.807, 2.05) is 13.8 Å². The molecule has 0 amide bonds. The monoisotopic (exact) mass is 301 g/mol. The zero-order valence-electron chi connectivity index (χ0n) is 12.5. The second kappa shape index (κ2) is 6.36. The summed E-state index contributed by atoms with van der Waals surface area (Å²) in [5.41, 5.74) is -0.880. The van der Waals surface area contributed by atoms with Crippen LogP contribution in [0.2, 0.25) is 0 Å². The number of ether oxygens (including phenoxy) is 1. The van der Waals surface area contributed by atoms with E-state index in [0.717, 1.165) is 25.3 Å². The Balaban J connectivity index is 2.41. The quantitative estimate of drug-likeness (QED) is 0.874. The van der Waals surface area contributed by atoms with E-state index in [4.69, 9.17) is 4.74 Å². The highest BCUT2D eigenvalue weighted by Crippen LogP contribution is 2.42. The second-order valence-electron chi connectivity index (χ2n) is 5.74. The summed E-state index contributed by atoms with van der Waals surface area (Å²) in [5, 5.41) is 3.26. The van der Waals surface area contributed by atoms with Gasteiger partial charge in [-0.1, -0.05) is 25.1 Å². The largest absolute Gasteiger partial charge is 0.416 e.